The molecule has 7 heteroatoms. The summed E-state index contributed by atoms with van der Waals surface area (Å²) < 4.78 is 27.8. The lowest BCUT2D eigenvalue weighted by molar-refractivity contribution is 0.601. The van der Waals surface area contributed by atoms with Gasteiger partial charge in [-0.15, -0.1) is 0 Å². The number of nitrogens with one attached hydrogen (secondary N) is 1. The van der Waals surface area contributed by atoms with Gasteiger partial charge in [-0.05, 0) is 65.7 Å². The Morgan fingerprint density at radius 3 is 2.50 bits per heavy atom. The smallest absolute Gasteiger partial charge is 0.262 e. The molecule has 0 aliphatic carbocycles. The summed E-state index contributed by atoms with van der Waals surface area (Å²) in [5.74, 6) is 0. The fraction of sp³-hybridized carbons (Fsp3) is 0.154. The molecular formula is C13H14BrN3O2S. The fourth-order valence-electron chi connectivity index (χ4n) is 1.77. The number of rotatable bonds is 3. The summed E-state index contributed by atoms with van der Waals surface area (Å²) in [5, 5.41) is 0. The summed E-state index contributed by atoms with van der Waals surface area (Å²) in [5.41, 5.74) is 7.91. The summed E-state index contributed by atoms with van der Waals surface area (Å²) in [7, 11) is -3.68. The first-order chi connectivity index (χ1) is 9.28. The van der Waals surface area contributed by atoms with Crippen molar-refractivity contribution in [3.8, 4) is 0 Å². The maximum Gasteiger partial charge on any atom is 0.262 e. The van der Waals surface area contributed by atoms with Crippen molar-refractivity contribution < 1.29 is 8.42 Å². The number of pyridine rings is 1. The van der Waals surface area contributed by atoms with Crippen LogP contribution in [0.5, 0.6) is 0 Å². The molecule has 1 heterocycles. The molecule has 20 heavy (non-hydrogen) atoms. The van der Waals surface area contributed by atoms with E-state index < -0.39 is 10.0 Å². The number of hydrogen-bond acceptors (Lipinski definition) is 4. The second-order valence-electron chi connectivity index (χ2n) is 4.45. The van der Waals surface area contributed by atoms with Gasteiger partial charge in [0.1, 0.15) is 4.60 Å². The Morgan fingerprint density at radius 2 is 1.90 bits per heavy atom. The molecule has 3 N–H and O–H groups in total. The van der Waals surface area contributed by atoms with Crippen LogP contribution >= 0.6 is 15.9 Å². The fourth-order valence-corrected chi connectivity index (χ4v) is 3.43. The lowest BCUT2D eigenvalue weighted by Gasteiger charge is -2.11. The van der Waals surface area contributed by atoms with Crippen molar-refractivity contribution in [1.82, 2.24) is 4.98 Å². The molecule has 0 unspecified atom stereocenters. The van der Waals surface area contributed by atoms with Crippen molar-refractivity contribution in [3.05, 3.63) is 46.2 Å². The molecule has 0 atom stereocenters. The van der Waals surface area contributed by atoms with Crippen LogP contribution < -0.4 is 10.5 Å². The Labute approximate surface area is 126 Å². The minimum atomic E-state index is -3.68. The van der Waals surface area contributed by atoms with Crippen molar-refractivity contribution in [2.24, 2.45) is 0 Å². The van der Waals surface area contributed by atoms with Gasteiger partial charge in [-0.3, -0.25) is 4.72 Å². The van der Waals surface area contributed by atoms with E-state index in [1.54, 1.807) is 38.1 Å². The monoisotopic (exact) mass is 355 g/mol. The molecular weight excluding hydrogens is 342 g/mol. The summed E-state index contributed by atoms with van der Waals surface area (Å²) in [4.78, 5) is 4.29. The zero-order valence-electron chi connectivity index (χ0n) is 11.0. The molecule has 5 nitrogen and oxygen atoms in total. The quantitative estimate of drug-likeness (QED) is 0.654. The summed E-state index contributed by atoms with van der Waals surface area (Å²) in [6.45, 7) is 3.52. The van der Waals surface area contributed by atoms with E-state index in [2.05, 4.69) is 25.6 Å². The van der Waals surface area contributed by atoms with Crippen molar-refractivity contribution in [1.29, 1.82) is 0 Å². The molecule has 1 aromatic carbocycles. The van der Waals surface area contributed by atoms with Crippen LogP contribution in [0.15, 0.2) is 39.8 Å². The van der Waals surface area contributed by atoms with Crippen LogP contribution in [0.25, 0.3) is 0 Å². The molecule has 0 bridgehead atoms. The van der Waals surface area contributed by atoms with Gasteiger partial charge in [-0.1, -0.05) is 0 Å². The third-order valence-corrected chi connectivity index (χ3v) is 4.47. The average Bonchev–Trinajstić information content (AvgIpc) is 2.31. The number of halogens is 1. The van der Waals surface area contributed by atoms with Gasteiger partial charge in [-0.25, -0.2) is 13.4 Å². The van der Waals surface area contributed by atoms with Gasteiger partial charge in [0.2, 0.25) is 0 Å². The molecule has 106 valence electrons. The van der Waals surface area contributed by atoms with Gasteiger partial charge < -0.3 is 5.73 Å². The van der Waals surface area contributed by atoms with E-state index in [1.807, 2.05) is 0 Å². The number of nitrogens with zero attached hydrogens (tertiary/aromatic N) is 1. The normalized spacial score (nSPS) is 11.3. The number of benzene rings is 1. The average molecular weight is 356 g/mol. The molecule has 0 radical (unpaired) electrons. The van der Waals surface area contributed by atoms with Gasteiger partial charge >= 0.3 is 0 Å². The number of sulfonamides is 1. The van der Waals surface area contributed by atoms with Crippen LogP contribution in [-0.2, 0) is 10.0 Å². The zero-order valence-corrected chi connectivity index (χ0v) is 13.4. The third-order valence-electron chi connectivity index (χ3n) is 2.68. The van der Waals surface area contributed by atoms with Crippen LogP contribution in [0.1, 0.15) is 11.3 Å². The molecule has 0 fully saturated rings. The van der Waals surface area contributed by atoms with Crippen molar-refractivity contribution in [2.45, 2.75) is 18.7 Å². The number of anilines is 2. The van der Waals surface area contributed by atoms with E-state index >= 15 is 0 Å². The molecule has 2 aromatic rings. The topological polar surface area (TPSA) is 85.1 Å². The maximum atomic E-state index is 12.3. The SMILES string of the molecule is Cc1cc(N)cc(S(=O)(=O)Nc2ccc(Br)nc2C)c1. The minimum Gasteiger partial charge on any atom is -0.399 e. The Balaban J connectivity index is 2.40. The lowest BCUT2D eigenvalue weighted by atomic mass is 10.2. The van der Waals surface area contributed by atoms with Crippen LogP contribution in [0, 0.1) is 13.8 Å². The number of nitrogens with two attached hydrogens (primary N) is 1. The van der Waals surface area contributed by atoms with Crippen molar-refractivity contribution >= 4 is 37.3 Å². The predicted octanol–water partition coefficient (Wildman–Crippen LogP) is 2.84. The largest absolute Gasteiger partial charge is 0.399 e. The first-order valence-corrected chi connectivity index (χ1v) is 8.09. The van der Waals surface area contributed by atoms with E-state index in [9.17, 15) is 8.42 Å². The van der Waals surface area contributed by atoms with E-state index in [1.165, 1.54) is 6.07 Å². The van der Waals surface area contributed by atoms with Gasteiger partial charge in [0.25, 0.3) is 10.0 Å². The van der Waals surface area contributed by atoms with E-state index in [4.69, 9.17) is 5.73 Å². The Hall–Kier alpha value is -1.60. The van der Waals surface area contributed by atoms with E-state index in [0.717, 1.165) is 5.56 Å². The zero-order chi connectivity index (χ0) is 14.9. The molecule has 0 spiro atoms. The van der Waals surface area contributed by atoms with Crippen LogP contribution in [0.4, 0.5) is 11.4 Å². The highest BCUT2D eigenvalue weighted by Gasteiger charge is 2.16. The molecule has 0 aliphatic rings. The maximum absolute atomic E-state index is 12.3. The highest BCUT2D eigenvalue weighted by Crippen LogP contribution is 2.22. The molecule has 0 amide bonds. The van der Waals surface area contributed by atoms with E-state index in [-0.39, 0.29) is 4.90 Å². The standard InChI is InChI=1S/C13H14BrN3O2S/c1-8-5-10(15)7-11(6-8)20(18,19)17-12-3-4-13(14)16-9(12)2/h3-7,17H,15H2,1-2H3. The minimum absolute atomic E-state index is 0.136. The summed E-state index contributed by atoms with van der Waals surface area (Å²) in [6.07, 6.45) is 0. The Kier molecular flexibility index (Phi) is 4.01. The van der Waals surface area contributed by atoms with Gasteiger partial charge in [0.15, 0.2) is 0 Å². The Bertz CT molecular complexity index is 740. The third kappa shape index (κ3) is 3.29. The Morgan fingerprint density at radius 1 is 1.20 bits per heavy atom. The number of nitrogen functional groups attached to an aromatic ring is 1. The second-order valence-corrected chi connectivity index (χ2v) is 6.95. The summed E-state index contributed by atoms with van der Waals surface area (Å²) in [6, 6.07) is 8.04. The van der Waals surface area contributed by atoms with Crippen LogP contribution in [0.3, 0.4) is 0 Å². The lowest BCUT2D eigenvalue weighted by Crippen LogP contribution is -2.14. The molecule has 2 rings (SSSR count). The molecule has 0 saturated carbocycles. The summed E-state index contributed by atoms with van der Waals surface area (Å²) >= 11 is 3.24. The number of hydrogen-bond donors (Lipinski definition) is 2. The van der Waals surface area contributed by atoms with Crippen LogP contribution in [-0.4, -0.2) is 13.4 Å². The van der Waals surface area contributed by atoms with E-state index in [0.29, 0.717) is 21.7 Å². The number of aromatic nitrogens is 1. The molecule has 1 aromatic heterocycles. The van der Waals surface area contributed by atoms with Crippen molar-refractivity contribution in [3.63, 3.8) is 0 Å². The van der Waals surface area contributed by atoms with Gasteiger partial charge in [0.05, 0.1) is 16.3 Å². The predicted molar refractivity (Wildman–Crippen MR) is 83.1 cm³/mol. The van der Waals surface area contributed by atoms with Crippen molar-refractivity contribution in [2.75, 3.05) is 10.5 Å². The first kappa shape index (κ1) is 14.8. The van der Waals surface area contributed by atoms with Crippen LogP contribution in [0.2, 0.25) is 0 Å². The van der Waals surface area contributed by atoms with Gasteiger partial charge in [-0.2, -0.15) is 0 Å². The number of aryl methyl sites for hydroxylation is 2. The van der Waals surface area contributed by atoms with Gasteiger partial charge in [0, 0.05) is 5.69 Å². The second kappa shape index (κ2) is 5.41. The first-order valence-electron chi connectivity index (χ1n) is 5.81. The molecule has 0 aliphatic heterocycles. The highest BCUT2D eigenvalue weighted by atomic mass is 79.9. The highest BCUT2D eigenvalue weighted by molar-refractivity contribution is 9.10. The molecule has 0 saturated heterocycles.